The average Bonchev–Trinajstić information content (AvgIpc) is 2.42. The largest absolute Gasteiger partial charge is 0.382 e. The van der Waals surface area contributed by atoms with Gasteiger partial charge >= 0.3 is 0 Å². The lowest BCUT2D eigenvalue weighted by Crippen LogP contribution is -2.31. The van der Waals surface area contributed by atoms with Gasteiger partial charge in [0.05, 0.1) is 17.3 Å². The number of nitrogens with one attached hydrogen (secondary N) is 1. The van der Waals surface area contributed by atoms with Gasteiger partial charge in [-0.15, -0.1) is 0 Å². The number of anilines is 1. The van der Waals surface area contributed by atoms with Gasteiger partial charge < -0.3 is 10.2 Å². The lowest BCUT2D eigenvalue weighted by atomic mass is 10.2. The molecular formula is C14H18FN3O. The van der Waals surface area contributed by atoms with Gasteiger partial charge in [-0.3, -0.25) is 4.79 Å². The quantitative estimate of drug-likeness (QED) is 0.857. The Morgan fingerprint density at radius 3 is 2.63 bits per heavy atom. The summed E-state index contributed by atoms with van der Waals surface area (Å²) in [5.41, 5.74) is 0.591. The van der Waals surface area contributed by atoms with Gasteiger partial charge in [0.25, 0.3) is 0 Å². The fourth-order valence-corrected chi connectivity index (χ4v) is 1.77. The summed E-state index contributed by atoms with van der Waals surface area (Å²) in [7, 11) is 0. The van der Waals surface area contributed by atoms with E-state index in [9.17, 15) is 9.18 Å². The lowest BCUT2D eigenvalue weighted by molar-refractivity contribution is -0.130. The summed E-state index contributed by atoms with van der Waals surface area (Å²) in [5, 5.41) is 11.5. The third-order valence-electron chi connectivity index (χ3n) is 2.87. The molecule has 1 rings (SSSR count). The van der Waals surface area contributed by atoms with Crippen LogP contribution in [0.2, 0.25) is 0 Å². The maximum Gasteiger partial charge on any atom is 0.224 e. The topological polar surface area (TPSA) is 56.1 Å². The van der Waals surface area contributed by atoms with E-state index in [0.717, 1.165) is 0 Å². The third-order valence-corrected chi connectivity index (χ3v) is 2.87. The Balaban J connectivity index is 2.50. The first kappa shape index (κ1) is 15.0. The van der Waals surface area contributed by atoms with Crippen LogP contribution < -0.4 is 5.32 Å². The predicted octanol–water partition coefficient (Wildman–Crippen LogP) is 2.37. The van der Waals surface area contributed by atoms with E-state index < -0.39 is 5.82 Å². The zero-order valence-corrected chi connectivity index (χ0v) is 11.2. The van der Waals surface area contributed by atoms with Crippen molar-refractivity contribution in [2.45, 2.75) is 20.3 Å². The molecule has 0 saturated carbocycles. The van der Waals surface area contributed by atoms with Crippen molar-refractivity contribution in [3.05, 3.63) is 29.6 Å². The summed E-state index contributed by atoms with van der Waals surface area (Å²) >= 11 is 0. The fraction of sp³-hybridized carbons (Fsp3) is 0.429. The Kier molecular flexibility index (Phi) is 5.80. The van der Waals surface area contributed by atoms with Gasteiger partial charge in [0, 0.05) is 26.1 Å². The summed E-state index contributed by atoms with van der Waals surface area (Å²) in [6, 6.07) is 6.10. The highest BCUT2D eigenvalue weighted by molar-refractivity contribution is 5.76. The first-order valence-corrected chi connectivity index (χ1v) is 6.33. The highest BCUT2D eigenvalue weighted by Gasteiger charge is 2.09. The minimum atomic E-state index is -0.477. The second kappa shape index (κ2) is 7.37. The van der Waals surface area contributed by atoms with Gasteiger partial charge in [-0.1, -0.05) is 0 Å². The van der Waals surface area contributed by atoms with Gasteiger partial charge in [0.2, 0.25) is 5.91 Å². The van der Waals surface area contributed by atoms with Crippen LogP contribution in [-0.4, -0.2) is 30.4 Å². The van der Waals surface area contributed by atoms with Crippen LogP contribution in [0.1, 0.15) is 25.8 Å². The molecule has 1 amide bonds. The molecule has 0 aliphatic heterocycles. The van der Waals surface area contributed by atoms with Crippen molar-refractivity contribution in [2.75, 3.05) is 25.0 Å². The molecule has 102 valence electrons. The van der Waals surface area contributed by atoms with Crippen molar-refractivity contribution in [3.63, 3.8) is 0 Å². The molecule has 0 unspecified atom stereocenters. The molecule has 19 heavy (non-hydrogen) atoms. The molecule has 0 aliphatic rings. The van der Waals surface area contributed by atoms with Crippen molar-refractivity contribution < 1.29 is 9.18 Å². The van der Waals surface area contributed by atoms with E-state index in [0.29, 0.717) is 31.7 Å². The smallest absolute Gasteiger partial charge is 0.224 e. The van der Waals surface area contributed by atoms with Crippen LogP contribution in [0.25, 0.3) is 0 Å². The first-order chi connectivity index (χ1) is 9.12. The van der Waals surface area contributed by atoms with Gasteiger partial charge in [-0.25, -0.2) is 4.39 Å². The monoisotopic (exact) mass is 263 g/mol. The molecule has 0 spiro atoms. The van der Waals surface area contributed by atoms with Crippen LogP contribution in [0, 0.1) is 17.1 Å². The van der Waals surface area contributed by atoms with E-state index in [1.807, 2.05) is 19.9 Å². The molecule has 0 atom stereocenters. The van der Waals surface area contributed by atoms with Crippen molar-refractivity contribution in [1.82, 2.24) is 4.90 Å². The van der Waals surface area contributed by atoms with E-state index in [4.69, 9.17) is 5.26 Å². The molecule has 4 nitrogen and oxygen atoms in total. The second-order valence-electron chi connectivity index (χ2n) is 4.05. The maximum absolute atomic E-state index is 13.5. The minimum Gasteiger partial charge on any atom is -0.382 e. The second-order valence-corrected chi connectivity index (χ2v) is 4.05. The molecule has 0 aromatic heterocycles. The van der Waals surface area contributed by atoms with Crippen LogP contribution in [0.15, 0.2) is 18.2 Å². The SMILES string of the molecule is CCN(CC)C(=O)CCNc1ccc(C#N)cc1F. The number of nitrogens with zero attached hydrogens (tertiary/aromatic N) is 2. The number of benzene rings is 1. The standard InChI is InChI=1S/C14H18FN3O/c1-3-18(4-2)14(19)7-8-17-13-6-5-11(10-16)9-12(13)15/h5-6,9,17H,3-4,7-8H2,1-2H3. The fourth-order valence-electron chi connectivity index (χ4n) is 1.77. The summed E-state index contributed by atoms with van der Waals surface area (Å²) in [4.78, 5) is 13.5. The number of carbonyl (C=O) groups is 1. The van der Waals surface area contributed by atoms with Gasteiger partial charge in [-0.05, 0) is 32.0 Å². The van der Waals surface area contributed by atoms with Gasteiger partial charge in [0.1, 0.15) is 5.82 Å². The Bertz CT molecular complexity index is 478. The molecule has 5 heteroatoms. The van der Waals surface area contributed by atoms with E-state index >= 15 is 0 Å². The normalized spacial score (nSPS) is 9.79. The number of hydrogen-bond acceptors (Lipinski definition) is 3. The number of carbonyl (C=O) groups excluding carboxylic acids is 1. The highest BCUT2D eigenvalue weighted by atomic mass is 19.1. The van der Waals surface area contributed by atoms with Crippen molar-refractivity contribution in [1.29, 1.82) is 5.26 Å². The number of halogens is 1. The molecule has 0 bridgehead atoms. The van der Waals surface area contributed by atoms with E-state index in [1.165, 1.54) is 18.2 Å². The van der Waals surface area contributed by atoms with Crippen LogP contribution >= 0.6 is 0 Å². The molecule has 0 radical (unpaired) electrons. The third kappa shape index (κ3) is 4.25. The Morgan fingerprint density at radius 2 is 2.11 bits per heavy atom. The van der Waals surface area contributed by atoms with E-state index in [1.54, 1.807) is 4.90 Å². The number of hydrogen-bond donors (Lipinski definition) is 1. The van der Waals surface area contributed by atoms with Crippen LogP contribution in [0.5, 0.6) is 0 Å². The number of nitriles is 1. The Labute approximate surface area is 112 Å². The Morgan fingerprint density at radius 1 is 1.42 bits per heavy atom. The minimum absolute atomic E-state index is 0.0477. The molecule has 1 aromatic rings. The molecule has 0 heterocycles. The molecule has 1 aromatic carbocycles. The maximum atomic E-state index is 13.5. The van der Waals surface area contributed by atoms with Gasteiger partial charge in [0.15, 0.2) is 0 Å². The Hall–Kier alpha value is -2.09. The van der Waals surface area contributed by atoms with Crippen LogP contribution in [0.3, 0.4) is 0 Å². The summed E-state index contributed by atoms with van der Waals surface area (Å²) < 4.78 is 13.5. The van der Waals surface area contributed by atoms with E-state index in [-0.39, 0.29) is 11.5 Å². The molecule has 0 fully saturated rings. The average molecular weight is 263 g/mol. The van der Waals surface area contributed by atoms with Crippen molar-refractivity contribution in [3.8, 4) is 6.07 Å². The molecule has 0 saturated heterocycles. The first-order valence-electron chi connectivity index (χ1n) is 6.33. The molecule has 1 N–H and O–H groups in total. The van der Waals surface area contributed by atoms with Crippen molar-refractivity contribution >= 4 is 11.6 Å². The summed E-state index contributed by atoms with van der Waals surface area (Å²) in [5.74, 6) is -0.430. The summed E-state index contributed by atoms with van der Waals surface area (Å²) in [6.07, 6.45) is 0.321. The van der Waals surface area contributed by atoms with Crippen LogP contribution in [0.4, 0.5) is 10.1 Å². The van der Waals surface area contributed by atoms with Crippen molar-refractivity contribution in [2.24, 2.45) is 0 Å². The predicted molar refractivity (Wildman–Crippen MR) is 72.1 cm³/mol. The number of amides is 1. The molecule has 0 aliphatic carbocycles. The van der Waals surface area contributed by atoms with E-state index in [2.05, 4.69) is 5.32 Å². The summed E-state index contributed by atoms with van der Waals surface area (Å²) in [6.45, 7) is 5.59. The lowest BCUT2D eigenvalue weighted by Gasteiger charge is -2.18. The number of rotatable bonds is 6. The van der Waals surface area contributed by atoms with Gasteiger partial charge in [-0.2, -0.15) is 5.26 Å². The molecular weight excluding hydrogens is 245 g/mol. The zero-order valence-electron chi connectivity index (χ0n) is 11.2. The highest BCUT2D eigenvalue weighted by Crippen LogP contribution is 2.15. The van der Waals surface area contributed by atoms with Crippen LogP contribution in [-0.2, 0) is 4.79 Å². The zero-order chi connectivity index (χ0) is 14.3.